The van der Waals surface area contributed by atoms with Gasteiger partial charge in [-0.2, -0.15) is 5.10 Å². The number of benzene rings is 2. The van der Waals surface area contributed by atoms with Crippen molar-refractivity contribution in [2.75, 3.05) is 30.3 Å². The number of aryl methyl sites for hydroxylation is 1. The van der Waals surface area contributed by atoms with Gasteiger partial charge in [-0.25, -0.2) is 10.1 Å². The molecule has 0 amide bonds. The summed E-state index contributed by atoms with van der Waals surface area (Å²) in [5.41, 5.74) is 7.45. The molecule has 8 heteroatoms. The van der Waals surface area contributed by atoms with Crippen LogP contribution in [0.3, 0.4) is 0 Å². The van der Waals surface area contributed by atoms with Crippen molar-refractivity contribution in [3.05, 3.63) is 65.2 Å². The Morgan fingerprint density at radius 2 is 1.89 bits per heavy atom. The van der Waals surface area contributed by atoms with E-state index in [9.17, 15) is 0 Å². The molecule has 0 aliphatic heterocycles. The summed E-state index contributed by atoms with van der Waals surface area (Å²) in [5, 5.41) is 13.0. The van der Waals surface area contributed by atoms with E-state index in [4.69, 9.17) is 5.84 Å². The van der Waals surface area contributed by atoms with Gasteiger partial charge in [0.25, 0.3) is 5.95 Å². The first kappa shape index (κ1) is 18.8. The first-order valence-corrected chi connectivity index (χ1v) is 9.47. The van der Waals surface area contributed by atoms with Crippen molar-refractivity contribution >= 4 is 29.6 Å². The molecule has 0 fully saturated rings. The maximum atomic E-state index is 6.07. The number of nitrogens with one attached hydrogen (secondary N) is 1. The molecule has 0 saturated carbocycles. The minimum atomic E-state index is 0.392. The fourth-order valence-corrected chi connectivity index (χ4v) is 3.32. The lowest BCUT2D eigenvalue weighted by Gasteiger charge is -2.11. The maximum Gasteiger partial charge on any atom is 0.264 e. The van der Waals surface area contributed by atoms with Gasteiger partial charge in [0.05, 0.1) is 6.21 Å². The van der Waals surface area contributed by atoms with Crippen LogP contribution in [-0.4, -0.2) is 35.2 Å². The van der Waals surface area contributed by atoms with E-state index < -0.39 is 0 Å². The molecule has 0 aliphatic rings. The van der Waals surface area contributed by atoms with Crippen LogP contribution >= 0.6 is 11.8 Å². The molecule has 7 nitrogen and oxygen atoms in total. The molecular formula is C19H23N7S. The number of rotatable bonds is 7. The molecule has 0 atom stereocenters. The molecule has 0 radical (unpaired) electrons. The molecule has 1 aromatic heterocycles. The quantitative estimate of drug-likeness (QED) is 0.283. The molecular weight excluding hydrogens is 358 g/mol. The van der Waals surface area contributed by atoms with Crippen LogP contribution in [0.5, 0.6) is 0 Å². The van der Waals surface area contributed by atoms with Gasteiger partial charge in [0.2, 0.25) is 5.16 Å². The molecule has 3 aromatic rings. The van der Waals surface area contributed by atoms with E-state index in [1.165, 1.54) is 27.6 Å². The number of hydrogen-bond acceptors (Lipinski definition) is 7. The fraction of sp³-hybridized carbons (Fsp3) is 0.211. The lowest BCUT2D eigenvalue weighted by molar-refractivity contribution is 0.847. The fourth-order valence-electron chi connectivity index (χ4n) is 2.39. The van der Waals surface area contributed by atoms with Gasteiger partial charge in [-0.1, -0.05) is 48.2 Å². The van der Waals surface area contributed by atoms with Crippen molar-refractivity contribution in [3.63, 3.8) is 0 Å². The molecule has 1 heterocycles. The first-order valence-electron chi connectivity index (χ1n) is 8.49. The summed E-state index contributed by atoms with van der Waals surface area (Å²) in [6.45, 7) is 2.09. The van der Waals surface area contributed by atoms with Crippen LogP contribution in [0, 0.1) is 6.92 Å². The van der Waals surface area contributed by atoms with Crippen molar-refractivity contribution in [2.45, 2.75) is 17.8 Å². The van der Waals surface area contributed by atoms with Gasteiger partial charge >= 0.3 is 0 Å². The Balaban J connectivity index is 1.59. The lowest BCUT2D eigenvalue weighted by atomic mass is 10.1. The number of aromatic nitrogens is 3. The van der Waals surface area contributed by atoms with E-state index in [1.807, 2.05) is 55.4 Å². The molecule has 27 heavy (non-hydrogen) atoms. The molecule has 3 N–H and O–H groups in total. The average Bonchev–Trinajstić information content (AvgIpc) is 3.01. The van der Waals surface area contributed by atoms with E-state index in [-0.39, 0.29) is 0 Å². The van der Waals surface area contributed by atoms with Gasteiger partial charge in [0, 0.05) is 25.5 Å². The Hall–Kier alpha value is -3.00. The van der Waals surface area contributed by atoms with E-state index >= 15 is 0 Å². The van der Waals surface area contributed by atoms with Gasteiger partial charge in [-0.05, 0) is 35.7 Å². The van der Waals surface area contributed by atoms with Gasteiger partial charge in [0.15, 0.2) is 0 Å². The predicted molar refractivity (Wildman–Crippen MR) is 113 cm³/mol. The number of nitrogens with zero attached hydrogens (tertiary/aromatic N) is 5. The van der Waals surface area contributed by atoms with E-state index in [0.717, 1.165) is 17.0 Å². The second-order valence-electron chi connectivity index (χ2n) is 6.25. The van der Waals surface area contributed by atoms with Crippen LogP contribution in [0.4, 0.5) is 11.6 Å². The van der Waals surface area contributed by atoms with Crippen LogP contribution in [0.25, 0.3) is 0 Å². The Kier molecular flexibility index (Phi) is 5.97. The van der Waals surface area contributed by atoms with Crippen LogP contribution < -0.4 is 16.2 Å². The highest BCUT2D eigenvalue weighted by Gasteiger charge is 2.10. The Morgan fingerprint density at radius 3 is 2.59 bits per heavy atom. The summed E-state index contributed by atoms with van der Waals surface area (Å²) in [6.07, 6.45) is 1.72. The molecule has 0 unspecified atom stereocenters. The van der Waals surface area contributed by atoms with Crippen LogP contribution in [0.1, 0.15) is 16.7 Å². The zero-order chi connectivity index (χ0) is 19.2. The summed E-state index contributed by atoms with van der Waals surface area (Å²) >= 11 is 1.54. The number of nitrogens with two attached hydrogens (primary N) is 1. The second kappa shape index (κ2) is 8.59. The molecule has 140 valence electrons. The number of thioether (sulfide) groups is 1. The summed E-state index contributed by atoms with van der Waals surface area (Å²) in [5.74, 6) is 7.24. The predicted octanol–water partition coefficient (Wildman–Crippen LogP) is 3.10. The van der Waals surface area contributed by atoms with E-state index in [0.29, 0.717) is 11.1 Å². The topological polar surface area (TPSA) is 84.4 Å². The van der Waals surface area contributed by atoms with E-state index in [1.54, 1.807) is 6.21 Å². The number of nitrogen functional groups attached to an aromatic ring is 1. The van der Waals surface area contributed by atoms with Crippen LogP contribution in [-0.2, 0) is 5.75 Å². The normalized spacial score (nSPS) is 11.1. The third kappa shape index (κ3) is 4.79. The number of hydrazone groups is 1. The Bertz CT molecular complexity index is 916. The SMILES string of the molecule is Cc1ccccc1CSc1nnc(N/N=C/c2ccc(N(C)C)cc2)n1N. The highest BCUT2D eigenvalue weighted by Crippen LogP contribution is 2.23. The highest BCUT2D eigenvalue weighted by molar-refractivity contribution is 7.98. The van der Waals surface area contributed by atoms with Crippen LogP contribution in [0.15, 0.2) is 58.8 Å². The number of hydrogen-bond donors (Lipinski definition) is 2. The van der Waals surface area contributed by atoms with Crippen molar-refractivity contribution < 1.29 is 0 Å². The average molecular weight is 382 g/mol. The molecule has 0 saturated heterocycles. The third-order valence-electron chi connectivity index (χ3n) is 4.07. The summed E-state index contributed by atoms with van der Waals surface area (Å²) in [4.78, 5) is 2.05. The van der Waals surface area contributed by atoms with Gasteiger partial charge < -0.3 is 10.7 Å². The smallest absolute Gasteiger partial charge is 0.264 e. The zero-order valence-electron chi connectivity index (χ0n) is 15.6. The first-order chi connectivity index (χ1) is 13.0. The summed E-state index contributed by atoms with van der Waals surface area (Å²) in [7, 11) is 4.01. The molecule has 2 aromatic carbocycles. The van der Waals surface area contributed by atoms with Crippen molar-refractivity contribution in [1.29, 1.82) is 0 Å². The van der Waals surface area contributed by atoms with Crippen LogP contribution in [0.2, 0.25) is 0 Å². The van der Waals surface area contributed by atoms with Crippen molar-refractivity contribution in [2.24, 2.45) is 5.10 Å². The lowest BCUT2D eigenvalue weighted by Crippen LogP contribution is -2.13. The standard InChI is InChI=1S/C19H23N7S/c1-14-6-4-5-7-16(14)13-27-19-24-23-18(26(19)20)22-21-12-15-8-10-17(11-9-15)25(2)3/h4-12H,13,20H2,1-3H3,(H,22,23)/b21-12+. The molecule has 0 aliphatic carbocycles. The Labute approximate surface area is 163 Å². The molecule has 0 bridgehead atoms. The van der Waals surface area contributed by atoms with E-state index in [2.05, 4.69) is 39.8 Å². The monoisotopic (exact) mass is 381 g/mol. The van der Waals surface area contributed by atoms with Gasteiger partial charge in [0.1, 0.15) is 0 Å². The molecule has 3 rings (SSSR count). The minimum absolute atomic E-state index is 0.392. The largest absolute Gasteiger partial charge is 0.378 e. The Morgan fingerprint density at radius 1 is 1.15 bits per heavy atom. The maximum absolute atomic E-state index is 6.07. The van der Waals surface area contributed by atoms with Crippen molar-refractivity contribution in [1.82, 2.24) is 14.9 Å². The second-order valence-corrected chi connectivity index (χ2v) is 7.19. The van der Waals surface area contributed by atoms with Gasteiger partial charge in [-0.15, -0.1) is 10.2 Å². The molecule has 0 spiro atoms. The van der Waals surface area contributed by atoms with Gasteiger partial charge in [-0.3, -0.25) is 0 Å². The third-order valence-corrected chi connectivity index (χ3v) is 5.06. The number of anilines is 2. The minimum Gasteiger partial charge on any atom is -0.378 e. The summed E-state index contributed by atoms with van der Waals surface area (Å²) < 4.78 is 1.41. The highest BCUT2D eigenvalue weighted by atomic mass is 32.2. The summed E-state index contributed by atoms with van der Waals surface area (Å²) in [6, 6.07) is 16.3. The zero-order valence-corrected chi connectivity index (χ0v) is 16.4. The van der Waals surface area contributed by atoms with Crippen molar-refractivity contribution in [3.8, 4) is 0 Å².